The number of rotatable bonds is 7. The summed E-state index contributed by atoms with van der Waals surface area (Å²) in [5.74, 6) is 0.371. The van der Waals surface area contributed by atoms with Crippen LogP contribution in [0.3, 0.4) is 0 Å². The van der Waals surface area contributed by atoms with E-state index in [2.05, 4.69) is 12.2 Å². The number of halogens is 1. The molecule has 1 N–H and O–H groups in total. The molecular formula is C21H23ClN2O3. The van der Waals surface area contributed by atoms with Crippen molar-refractivity contribution in [1.29, 1.82) is 0 Å². The first kappa shape index (κ1) is 19.2. The third-order valence-electron chi connectivity index (χ3n) is 4.74. The Kier molecular flexibility index (Phi) is 5.71. The Morgan fingerprint density at radius 3 is 2.37 bits per heavy atom. The molecule has 0 unspecified atom stereocenters. The molecule has 0 radical (unpaired) electrons. The Morgan fingerprint density at radius 1 is 1.07 bits per heavy atom. The van der Waals surface area contributed by atoms with Crippen molar-refractivity contribution in [2.75, 3.05) is 13.2 Å². The fraction of sp³-hybridized carbons (Fsp3) is 0.333. The summed E-state index contributed by atoms with van der Waals surface area (Å²) < 4.78 is 5.60. The smallest absolute Gasteiger partial charge is 0.325 e. The van der Waals surface area contributed by atoms with Crippen molar-refractivity contribution in [2.24, 2.45) is 0 Å². The molecule has 1 saturated heterocycles. The standard InChI is InChI=1S/C21H23ClN2O3/c1-3-4-15-5-7-16(8-6-15)21(2)19(25)24(20(26)23-21)13-14-27-18-11-9-17(22)10-12-18/h5-12H,3-4,13-14H2,1-2H3,(H,23,26)/t21-/m1/s1. The van der Waals surface area contributed by atoms with Gasteiger partial charge in [-0.15, -0.1) is 0 Å². The summed E-state index contributed by atoms with van der Waals surface area (Å²) in [6, 6.07) is 14.4. The van der Waals surface area contributed by atoms with Crippen LogP contribution in [-0.4, -0.2) is 30.0 Å². The van der Waals surface area contributed by atoms with Crippen LogP contribution in [0.15, 0.2) is 48.5 Å². The number of hydrogen-bond donors (Lipinski definition) is 1. The van der Waals surface area contributed by atoms with Crippen LogP contribution < -0.4 is 10.1 Å². The second-order valence-electron chi connectivity index (χ2n) is 6.76. The quantitative estimate of drug-likeness (QED) is 0.727. The molecule has 2 aromatic carbocycles. The summed E-state index contributed by atoms with van der Waals surface area (Å²) in [4.78, 5) is 26.5. The Bertz CT molecular complexity index is 820. The van der Waals surface area contributed by atoms with Crippen molar-refractivity contribution < 1.29 is 14.3 Å². The number of aryl methyl sites for hydroxylation is 1. The highest BCUT2D eigenvalue weighted by Gasteiger charge is 2.48. The average Bonchev–Trinajstić information content (AvgIpc) is 2.88. The first-order valence-electron chi connectivity index (χ1n) is 9.06. The van der Waals surface area contributed by atoms with Gasteiger partial charge >= 0.3 is 6.03 Å². The van der Waals surface area contributed by atoms with Gasteiger partial charge in [0.25, 0.3) is 5.91 Å². The molecule has 0 aliphatic carbocycles. The predicted molar refractivity (Wildman–Crippen MR) is 105 cm³/mol. The molecule has 1 aliphatic rings. The molecule has 2 aromatic rings. The Morgan fingerprint density at radius 2 is 1.74 bits per heavy atom. The van der Waals surface area contributed by atoms with Crippen molar-refractivity contribution in [1.82, 2.24) is 10.2 Å². The number of nitrogens with one attached hydrogen (secondary N) is 1. The number of nitrogens with zero attached hydrogens (tertiary/aromatic N) is 1. The van der Waals surface area contributed by atoms with Crippen molar-refractivity contribution in [3.05, 3.63) is 64.7 Å². The molecule has 0 aromatic heterocycles. The van der Waals surface area contributed by atoms with E-state index in [4.69, 9.17) is 16.3 Å². The molecule has 27 heavy (non-hydrogen) atoms. The predicted octanol–water partition coefficient (Wildman–Crippen LogP) is 4.14. The van der Waals surface area contributed by atoms with Crippen molar-refractivity contribution >= 4 is 23.5 Å². The summed E-state index contributed by atoms with van der Waals surface area (Å²) >= 11 is 5.84. The fourth-order valence-electron chi connectivity index (χ4n) is 3.17. The molecule has 6 heteroatoms. The van der Waals surface area contributed by atoms with Crippen LogP contribution in [0, 0.1) is 0 Å². The summed E-state index contributed by atoms with van der Waals surface area (Å²) in [5, 5.41) is 3.44. The van der Waals surface area contributed by atoms with Gasteiger partial charge in [0, 0.05) is 5.02 Å². The van der Waals surface area contributed by atoms with Crippen LogP contribution in [0.2, 0.25) is 5.02 Å². The van der Waals surface area contributed by atoms with Gasteiger partial charge in [0.05, 0.1) is 6.54 Å². The molecule has 0 bridgehead atoms. The van der Waals surface area contributed by atoms with E-state index in [1.54, 1.807) is 31.2 Å². The molecule has 1 atom stereocenters. The monoisotopic (exact) mass is 386 g/mol. The Labute approximate surface area is 164 Å². The van der Waals surface area contributed by atoms with E-state index >= 15 is 0 Å². The molecular weight excluding hydrogens is 364 g/mol. The lowest BCUT2D eigenvalue weighted by atomic mass is 9.91. The minimum Gasteiger partial charge on any atom is -0.492 e. The average molecular weight is 387 g/mol. The van der Waals surface area contributed by atoms with Crippen molar-refractivity contribution in [3.63, 3.8) is 0 Å². The van der Waals surface area contributed by atoms with E-state index in [-0.39, 0.29) is 19.1 Å². The van der Waals surface area contributed by atoms with Crippen LogP contribution in [0.1, 0.15) is 31.4 Å². The normalized spacial score (nSPS) is 19.3. The van der Waals surface area contributed by atoms with Gasteiger partial charge in [-0.2, -0.15) is 0 Å². The highest BCUT2D eigenvalue weighted by atomic mass is 35.5. The Hall–Kier alpha value is -2.53. The molecule has 3 rings (SSSR count). The van der Waals surface area contributed by atoms with Gasteiger partial charge in [0.15, 0.2) is 0 Å². The number of carbonyl (C=O) groups is 2. The largest absolute Gasteiger partial charge is 0.492 e. The lowest BCUT2D eigenvalue weighted by Gasteiger charge is -2.22. The number of ether oxygens (including phenoxy) is 1. The van der Waals surface area contributed by atoms with Crippen LogP contribution in [-0.2, 0) is 16.8 Å². The van der Waals surface area contributed by atoms with Crippen molar-refractivity contribution in [3.8, 4) is 5.75 Å². The highest BCUT2D eigenvalue weighted by molar-refractivity contribution is 6.30. The summed E-state index contributed by atoms with van der Waals surface area (Å²) in [6.45, 7) is 4.26. The minimum atomic E-state index is -1.05. The molecule has 5 nitrogen and oxygen atoms in total. The highest BCUT2D eigenvalue weighted by Crippen LogP contribution is 2.29. The molecule has 1 aliphatic heterocycles. The summed E-state index contributed by atoms with van der Waals surface area (Å²) in [6.07, 6.45) is 2.05. The van der Waals surface area contributed by atoms with Gasteiger partial charge in [0.1, 0.15) is 17.9 Å². The molecule has 3 amide bonds. The van der Waals surface area contributed by atoms with Gasteiger partial charge in [-0.3, -0.25) is 9.69 Å². The number of amides is 3. The number of urea groups is 1. The lowest BCUT2D eigenvalue weighted by Crippen LogP contribution is -2.41. The maximum atomic E-state index is 12.9. The van der Waals surface area contributed by atoms with Crippen LogP contribution in [0.5, 0.6) is 5.75 Å². The van der Waals surface area contributed by atoms with E-state index in [1.807, 2.05) is 24.3 Å². The zero-order valence-corrected chi connectivity index (χ0v) is 16.3. The third kappa shape index (κ3) is 4.08. The van der Waals surface area contributed by atoms with E-state index < -0.39 is 11.6 Å². The molecule has 1 heterocycles. The number of benzene rings is 2. The SMILES string of the molecule is CCCc1ccc([C@@]2(C)NC(=O)N(CCOc3ccc(Cl)cc3)C2=O)cc1. The molecule has 0 spiro atoms. The van der Waals surface area contributed by atoms with Crippen molar-refractivity contribution in [2.45, 2.75) is 32.2 Å². The number of carbonyl (C=O) groups excluding carboxylic acids is 2. The topological polar surface area (TPSA) is 58.6 Å². The first-order chi connectivity index (χ1) is 12.9. The fourth-order valence-corrected chi connectivity index (χ4v) is 3.30. The van der Waals surface area contributed by atoms with Gasteiger partial charge in [-0.1, -0.05) is 49.2 Å². The zero-order valence-electron chi connectivity index (χ0n) is 15.5. The minimum absolute atomic E-state index is 0.177. The second-order valence-corrected chi connectivity index (χ2v) is 7.20. The van der Waals surface area contributed by atoms with Gasteiger partial charge in [-0.25, -0.2) is 4.79 Å². The maximum absolute atomic E-state index is 12.9. The number of hydrogen-bond acceptors (Lipinski definition) is 3. The number of imide groups is 1. The van der Waals surface area contributed by atoms with Gasteiger partial charge in [0.2, 0.25) is 0 Å². The summed E-state index contributed by atoms with van der Waals surface area (Å²) in [7, 11) is 0. The van der Waals surface area contributed by atoms with Crippen LogP contribution in [0.4, 0.5) is 4.79 Å². The first-order valence-corrected chi connectivity index (χ1v) is 9.43. The molecule has 0 saturated carbocycles. The Balaban J connectivity index is 1.65. The molecule has 1 fully saturated rings. The lowest BCUT2D eigenvalue weighted by molar-refractivity contribution is -0.131. The summed E-state index contributed by atoms with van der Waals surface area (Å²) in [5.41, 5.74) is 0.943. The van der Waals surface area contributed by atoms with Crippen LogP contribution >= 0.6 is 11.6 Å². The maximum Gasteiger partial charge on any atom is 0.325 e. The van der Waals surface area contributed by atoms with Crippen LogP contribution in [0.25, 0.3) is 0 Å². The van der Waals surface area contributed by atoms with E-state index in [0.29, 0.717) is 10.8 Å². The van der Waals surface area contributed by atoms with Gasteiger partial charge < -0.3 is 10.1 Å². The van der Waals surface area contributed by atoms with E-state index in [0.717, 1.165) is 18.4 Å². The zero-order chi connectivity index (χ0) is 19.4. The molecule has 142 valence electrons. The van der Waals surface area contributed by atoms with E-state index in [9.17, 15) is 9.59 Å². The van der Waals surface area contributed by atoms with E-state index in [1.165, 1.54) is 10.5 Å². The van der Waals surface area contributed by atoms with Gasteiger partial charge in [-0.05, 0) is 48.7 Å². The second kappa shape index (κ2) is 8.01. The third-order valence-corrected chi connectivity index (χ3v) is 4.99.